The molecule has 5 heteroatoms. The Hall–Kier alpha value is -2.17. The number of hydrazone groups is 1. The molecule has 0 saturated carbocycles. The number of ketones is 1. The van der Waals surface area contributed by atoms with Crippen molar-refractivity contribution in [2.45, 2.75) is 6.92 Å². The van der Waals surface area contributed by atoms with Gasteiger partial charge in [-0.25, -0.2) is 0 Å². The highest BCUT2D eigenvalue weighted by Crippen LogP contribution is 1.97. The Morgan fingerprint density at radius 1 is 1.44 bits per heavy atom. The molecule has 1 aromatic carbocycles. The van der Waals surface area contributed by atoms with Crippen molar-refractivity contribution >= 4 is 18.5 Å². The lowest BCUT2D eigenvalue weighted by molar-refractivity contribution is -0.128. The van der Waals surface area contributed by atoms with E-state index in [1.165, 1.54) is 0 Å². The summed E-state index contributed by atoms with van der Waals surface area (Å²) in [4.78, 5) is 20.2. The van der Waals surface area contributed by atoms with E-state index in [1.807, 2.05) is 6.07 Å². The number of nitrogens with two attached hydrogens (primary N) is 1. The van der Waals surface area contributed by atoms with Crippen LogP contribution in [0.5, 0.6) is 0 Å². The third-order valence-corrected chi connectivity index (χ3v) is 1.48. The van der Waals surface area contributed by atoms with E-state index >= 15 is 0 Å². The summed E-state index contributed by atoms with van der Waals surface area (Å²) in [5, 5.41) is 3.14. The van der Waals surface area contributed by atoms with Crippen LogP contribution in [-0.4, -0.2) is 25.1 Å². The van der Waals surface area contributed by atoms with Gasteiger partial charge in [-0.15, -0.1) is 0 Å². The number of benzene rings is 1. The fraction of sp³-hybridized carbons (Fsp3) is 0.182. The molecule has 1 rings (SSSR count). The Kier molecular flexibility index (Phi) is 8.11. The molecule has 0 atom stereocenters. The van der Waals surface area contributed by atoms with Crippen LogP contribution in [0, 0.1) is 0 Å². The van der Waals surface area contributed by atoms with Gasteiger partial charge in [0.1, 0.15) is 0 Å². The molecule has 0 bridgehead atoms. The van der Waals surface area contributed by atoms with E-state index in [4.69, 9.17) is 5.84 Å². The first-order valence-corrected chi connectivity index (χ1v) is 4.64. The largest absolute Gasteiger partial charge is 0.468 e. The normalized spacial score (nSPS) is 9.06. The third-order valence-electron chi connectivity index (χ3n) is 1.48. The van der Waals surface area contributed by atoms with Gasteiger partial charge in [-0.1, -0.05) is 30.3 Å². The maximum Gasteiger partial charge on any atom is 0.293 e. The molecule has 0 spiro atoms. The fourth-order valence-corrected chi connectivity index (χ4v) is 0.813. The Morgan fingerprint density at radius 3 is 2.44 bits per heavy atom. The lowest BCUT2D eigenvalue weighted by Crippen LogP contribution is -2.01. The number of rotatable bonds is 4. The van der Waals surface area contributed by atoms with Crippen LogP contribution in [0.4, 0.5) is 0 Å². The van der Waals surface area contributed by atoms with Gasteiger partial charge in [0, 0.05) is 5.56 Å². The minimum Gasteiger partial charge on any atom is -0.468 e. The Balaban J connectivity index is 0.000000385. The molecule has 0 aromatic heterocycles. The first kappa shape index (κ1) is 13.8. The fourth-order valence-electron chi connectivity index (χ4n) is 0.813. The number of hydrogen-bond donors (Lipinski definition) is 1. The highest BCUT2D eigenvalue weighted by molar-refractivity contribution is 6.35. The van der Waals surface area contributed by atoms with E-state index < -0.39 is 0 Å². The molecule has 0 radical (unpaired) electrons. The predicted octanol–water partition coefficient (Wildman–Crippen LogP) is 0.993. The average molecular weight is 222 g/mol. The summed E-state index contributed by atoms with van der Waals surface area (Å²) in [5.41, 5.74) is 0.599. The van der Waals surface area contributed by atoms with Crippen molar-refractivity contribution in [2.75, 3.05) is 6.61 Å². The molecule has 0 saturated heterocycles. The molecule has 16 heavy (non-hydrogen) atoms. The molecular formula is C11H14N2O3. The molecule has 0 aliphatic carbocycles. The number of ether oxygens (including phenoxy) is 1. The number of nitrogens with zero attached hydrogens (tertiary/aromatic N) is 1. The molecule has 0 aliphatic heterocycles. The van der Waals surface area contributed by atoms with Gasteiger partial charge in [0.05, 0.1) is 12.8 Å². The van der Waals surface area contributed by atoms with Gasteiger partial charge in [-0.05, 0) is 6.92 Å². The lowest BCUT2D eigenvalue weighted by Gasteiger charge is -1.90. The smallest absolute Gasteiger partial charge is 0.293 e. The van der Waals surface area contributed by atoms with E-state index in [2.05, 4.69) is 9.84 Å². The van der Waals surface area contributed by atoms with Crippen molar-refractivity contribution in [1.82, 2.24) is 0 Å². The molecule has 0 amide bonds. The second kappa shape index (κ2) is 9.39. The predicted molar refractivity (Wildman–Crippen MR) is 61.1 cm³/mol. The summed E-state index contributed by atoms with van der Waals surface area (Å²) in [5.74, 6) is 4.64. The second-order valence-electron chi connectivity index (χ2n) is 2.56. The number of hydrogen-bond acceptors (Lipinski definition) is 5. The van der Waals surface area contributed by atoms with Gasteiger partial charge >= 0.3 is 0 Å². The van der Waals surface area contributed by atoms with Crippen LogP contribution < -0.4 is 5.84 Å². The molecule has 0 unspecified atom stereocenters. The van der Waals surface area contributed by atoms with Crippen LogP contribution in [0.15, 0.2) is 35.4 Å². The third kappa shape index (κ3) is 6.31. The van der Waals surface area contributed by atoms with E-state index in [0.717, 1.165) is 6.21 Å². The van der Waals surface area contributed by atoms with Gasteiger partial charge in [0.2, 0.25) is 5.78 Å². The quantitative estimate of drug-likeness (QED) is 0.271. The zero-order chi connectivity index (χ0) is 12.2. The zero-order valence-corrected chi connectivity index (χ0v) is 9.00. The molecule has 0 fully saturated rings. The van der Waals surface area contributed by atoms with Crippen molar-refractivity contribution in [3.63, 3.8) is 0 Å². The Labute approximate surface area is 93.9 Å². The van der Waals surface area contributed by atoms with Crippen molar-refractivity contribution in [2.24, 2.45) is 10.9 Å². The van der Waals surface area contributed by atoms with Crippen LogP contribution in [0.2, 0.25) is 0 Å². The van der Waals surface area contributed by atoms with Crippen LogP contribution >= 0.6 is 0 Å². The monoisotopic (exact) mass is 222 g/mol. The molecule has 0 aliphatic rings. The van der Waals surface area contributed by atoms with Crippen molar-refractivity contribution in [1.29, 1.82) is 0 Å². The van der Waals surface area contributed by atoms with E-state index in [0.29, 0.717) is 18.6 Å². The summed E-state index contributed by atoms with van der Waals surface area (Å²) >= 11 is 0. The summed E-state index contributed by atoms with van der Waals surface area (Å²) in [6, 6.07) is 8.85. The molecule has 86 valence electrons. The SMILES string of the molecule is CCOC=O.NN=CC(=O)c1ccccc1. The molecule has 1 aromatic rings. The summed E-state index contributed by atoms with van der Waals surface area (Å²) < 4.78 is 4.15. The van der Waals surface area contributed by atoms with Crippen molar-refractivity contribution in [3.8, 4) is 0 Å². The number of Topliss-reactive ketones (excluding diaryl/α,β-unsaturated/α-hetero) is 1. The number of carbonyl (C=O) groups is 2. The van der Waals surface area contributed by atoms with E-state index in [1.54, 1.807) is 31.2 Å². The van der Waals surface area contributed by atoms with Crippen molar-refractivity contribution < 1.29 is 14.3 Å². The van der Waals surface area contributed by atoms with Gasteiger partial charge in [0.25, 0.3) is 6.47 Å². The van der Waals surface area contributed by atoms with Crippen LogP contribution in [0.1, 0.15) is 17.3 Å². The second-order valence-corrected chi connectivity index (χ2v) is 2.56. The number of carbonyl (C=O) groups excluding carboxylic acids is 2. The maximum atomic E-state index is 11.0. The van der Waals surface area contributed by atoms with Gasteiger partial charge in [0.15, 0.2) is 0 Å². The minimum atomic E-state index is -0.173. The van der Waals surface area contributed by atoms with Gasteiger partial charge in [-0.3, -0.25) is 9.59 Å². The summed E-state index contributed by atoms with van der Waals surface area (Å²) in [6.45, 7) is 2.66. The Bertz CT molecular complexity index is 336. The zero-order valence-electron chi connectivity index (χ0n) is 9.00. The topological polar surface area (TPSA) is 81.8 Å². The summed E-state index contributed by atoms with van der Waals surface area (Å²) in [6.07, 6.45) is 1.09. The molecule has 2 N–H and O–H groups in total. The van der Waals surface area contributed by atoms with Gasteiger partial charge < -0.3 is 10.6 Å². The van der Waals surface area contributed by atoms with Crippen LogP contribution in [0.3, 0.4) is 0 Å². The van der Waals surface area contributed by atoms with E-state index in [-0.39, 0.29) is 5.78 Å². The maximum absolute atomic E-state index is 11.0. The molecule has 0 heterocycles. The highest BCUT2D eigenvalue weighted by atomic mass is 16.5. The van der Waals surface area contributed by atoms with Gasteiger partial charge in [-0.2, -0.15) is 5.10 Å². The van der Waals surface area contributed by atoms with Crippen LogP contribution in [0.25, 0.3) is 0 Å². The molecular weight excluding hydrogens is 208 g/mol. The Morgan fingerprint density at radius 2 is 2.06 bits per heavy atom. The minimum absolute atomic E-state index is 0.173. The first-order chi connectivity index (χ1) is 7.76. The highest BCUT2D eigenvalue weighted by Gasteiger charge is 1.98. The molecule has 5 nitrogen and oxygen atoms in total. The van der Waals surface area contributed by atoms with Crippen molar-refractivity contribution in [3.05, 3.63) is 35.9 Å². The lowest BCUT2D eigenvalue weighted by atomic mass is 10.1. The van der Waals surface area contributed by atoms with E-state index in [9.17, 15) is 9.59 Å². The first-order valence-electron chi connectivity index (χ1n) is 4.64. The van der Waals surface area contributed by atoms with Crippen LogP contribution in [-0.2, 0) is 9.53 Å². The standard InChI is InChI=1S/C8H8N2O.C3H6O2/c9-10-6-8(11)7-4-2-1-3-5-7;1-2-5-3-4/h1-6H,9H2;3H,2H2,1H3. The average Bonchev–Trinajstić information content (AvgIpc) is 2.32. The summed E-state index contributed by atoms with van der Waals surface area (Å²) in [7, 11) is 0.